The van der Waals surface area contributed by atoms with Crippen LogP contribution in [0.4, 0.5) is 11.4 Å². The van der Waals surface area contributed by atoms with E-state index in [0.29, 0.717) is 11.3 Å². The number of nitro groups is 1. The van der Waals surface area contributed by atoms with Crippen molar-refractivity contribution in [1.29, 1.82) is 0 Å². The second kappa shape index (κ2) is 9.55. The van der Waals surface area contributed by atoms with E-state index in [4.69, 9.17) is 21.1 Å². The number of aryl methyl sites for hydroxylation is 1. The molecular formula is C22H17ClN6O5. The van der Waals surface area contributed by atoms with Gasteiger partial charge in [0.05, 0.1) is 17.7 Å². The summed E-state index contributed by atoms with van der Waals surface area (Å²) in [4.78, 5) is 23.5. The van der Waals surface area contributed by atoms with Gasteiger partial charge in [-0.1, -0.05) is 11.6 Å². The third kappa shape index (κ3) is 4.79. The Balaban J connectivity index is 1.54. The van der Waals surface area contributed by atoms with Crippen LogP contribution >= 0.6 is 11.6 Å². The fraction of sp³-hybridized carbons (Fsp3) is 0.0909. The van der Waals surface area contributed by atoms with Crippen molar-refractivity contribution in [3.8, 4) is 22.9 Å². The van der Waals surface area contributed by atoms with E-state index in [2.05, 4.69) is 20.8 Å². The van der Waals surface area contributed by atoms with Crippen molar-refractivity contribution in [2.75, 3.05) is 12.4 Å². The van der Waals surface area contributed by atoms with E-state index in [1.54, 1.807) is 18.2 Å². The fourth-order valence-corrected chi connectivity index (χ4v) is 3.36. The lowest BCUT2D eigenvalue weighted by Gasteiger charge is -2.13. The van der Waals surface area contributed by atoms with Gasteiger partial charge in [-0.05, 0) is 71.4 Å². The molecule has 3 aromatic carbocycles. The number of hydrogen-bond acceptors (Lipinski definition) is 8. The van der Waals surface area contributed by atoms with Crippen molar-refractivity contribution < 1.29 is 19.2 Å². The summed E-state index contributed by atoms with van der Waals surface area (Å²) in [7, 11) is 1.40. The van der Waals surface area contributed by atoms with E-state index in [-0.39, 0.29) is 33.9 Å². The summed E-state index contributed by atoms with van der Waals surface area (Å²) >= 11 is 5.85. The van der Waals surface area contributed by atoms with Crippen LogP contribution in [0.3, 0.4) is 0 Å². The number of nitrogens with one attached hydrogen (secondary N) is 1. The number of amides is 1. The zero-order chi connectivity index (χ0) is 24.2. The number of nitrogens with zero attached hydrogens (tertiary/aromatic N) is 5. The quantitative estimate of drug-likeness (QED) is 0.300. The maximum absolute atomic E-state index is 12.8. The number of anilines is 1. The van der Waals surface area contributed by atoms with Gasteiger partial charge in [0.15, 0.2) is 11.5 Å². The minimum Gasteiger partial charge on any atom is -0.493 e. The summed E-state index contributed by atoms with van der Waals surface area (Å²) in [6.07, 6.45) is 1.48. The maximum atomic E-state index is 12.8. The minimum atomic E-state index is -0.595. The van der Waals surface area contributed by atoms with Crippen LogP contribution in [0.2, 0.25) is 5.02 Å². The van der Waals surface area contributed by atoms with Crippen LogP contribution in [0.15, 0.2) is 60.9 Å². The molecule has 12 heteroatoms. The lowest BCUT2D eigenvalue weighted by molar-refractivity contribution is -0.385. The Morgan fingerprint density at radius 1 is 1.09 bits per heavy atom. The molecule has 0 aliphatic rings. The highest BCUT2D eigenvalue weighted by Gasteiger charge is 2.19. The second-order valence-electron chi connectivity index (χ2n) is 7.05. The molecule has 4 rings (SSSR count). The monoisotopic (exact) mass is 480 g/mol. The first kappa shape index (κ1) is 22.7. The molecule has 34 heavy (non-hydrogen) atoms. The molecule has 0 radical (unpaired) electrons. The van der Waals surface area contributed by atoms with Crippen molar-refractivity contribution in [1.82, 2.24) is 20.2 Å². The van der Waals surface area contributed by atoms with Gasteiger partial charge in [-0.25, -0.2) is 4.68 Å². The maximum Gasteiger partial charge on any atom is 0.313 e. The molecule has 1 N–H and O–H groups in total. The van der Waals surface area contributed by atoms with E-state index in [1.807, 2.05) is 6.92 Å². The van der Waals surface area contributed by atoms with E-state index < -0.39 is 4.92 Å². The number of carbonyl (C=O) groups is 1. The number of aromatic nitrogens is 4. The highest BCUT2D eigenvalue weighted by molar-refractivity contribution is 6.30. The average molecular weight is 481 g/mol. The van der Waals surface area contributed by atoms with Gasteiger partial charge in [0, 0.05) is 22.3 Å². The van der Waals surface area contributed by atoms with Gasteiger partial charge in [0.2, 0.25) is 5.75 Å². The van der Waals surface area contributed by atoms with Gasteiger partial charge < -0.3 is 14.8 Å². The van der Waals surface area contributed by atoms with Crippen LogP contribution in [0, 0.1) is 17.0 Å². The molecule has 0 saturated heterocycles. The van der Waals surface area contributed by atoms with Gasteiger partial charge in [-0.2, -0.15) is 0 Å². The number of halogens is 1. The van der Waals surface area contributed by atoms with Crippen LogP contribution in [0.25, 0.3) is 5.69 Å². The van der Waals surface area contributed by atoms with Crippen LogP contribution in [0.5, 0.6) is 17.2 Å². The summed E-state index contributed by atoms with van der Waals surface area (Å²) in [5.41, 5.74) is 2.22. The molecule has 0 bridgehead atoms. The molecule has 0 spiro atoms. The Morgan fingerprint density at radius 2 is 1.88 bits per heavy atom. The van der Waals surface area contributed by atoms with Crippen LogP contribution < -0.4 is 14.8 Å². The second-order valence-corrected chi connectivity index (χ2v) is 7.48. The summed E-state index contributed by atoms with van der Waals surface area (Å²) in [5.74, 6) is 0.0353. The molecule has 0 aliphatic heterocycles. The number of methoxy groups -OCH3 is 1. The molecule has 4 aromatic rings. The van der Waals surface area contributed by atoms with Crippen LogP contribution in [0.1, 0.15) is 15.9 Å². The molecule has 0 fully saturated rings. The highest BCUT2D eigenvalue weighted by atomic mass is 35.5. The molecule has 1 amide bonds. The topological polar surface area (TPSA) is 134 Å². The van der Waals surface area contributed by atoms with E-state index in [0.717, 1.165) is 11.3 Å². The smallest absolute Gasteiger partial charge is 0.313 e. The standard InChI is InChI=1S/C22H17ClN6O5/c1-13-9-16(5-6-17(13)28-12-24-26-27-28)25-22(30)14-3-7-20(21(10-14)33-2)34-19-8-4-15(23)11-18(19)29(31)32/h3-12H,1-2H3,(H,25,30). The number of carbonyl (C=O) groups excluding carboxylic acids is 1. The predicted molar refractivity (Wildman–Crippen MR) is 123 cm³/mol. The first-order valence-electron chi connectivity index (χ1n) is 9.81. The van der Waals surface area contributed by atoms with E-state index in [1.165, 1.54) is 54.5 Å². The Bertz CT molecular complexity index is 1380. The minimum absolute atomic E-state index is 0.0111. The average Bonchev–Trinajstić information content (AvgIpc) is 3.35. The molecule has 1 heterocycles. The largest absolute Gasteiger partial charge is 0.493 e. The molecule has 0 atom stereocenters. The van der Waals surface area contributed by atoms with Crippen molar-refractivity contribution in [2.24, 2.45) is 0 Å². The van der Waals surface area contributed by atoms with Crippen molar-refractivity contribution in [2.45, 2.75) is 6.92 Å². The summed E-state index contributed by atoms with van der Waals surface area (Å²) in [6.45, 7) is 1.87. The summed E-state index contributed by atoms with van der Waals surface area (Å²) in [6, 6.07) is 13.9. The Morgan fingerprint density at radius 3 is 2.56 bits per heavy atom. The van der Waals surface area contributed by atoms with Gasteiger partial charge in [0.25, 0.3) is 5.91 Å². The van der Waals surface area contributed by atoms with Gasteiger partial charge >= 0.3 is 5.69 Å². The SMILES string of the molecule is COc1cc(C(=O)Nc2ccc(-n3cnnn3)c(C)c2)ccc1Oc1ccc(Cl)cc1[N+](=O)[O-]. The number of nitro benzene ring substituents is 1. The molecule has 0 saturated carbocycles. The Kier molecular flexibility index (Phi) is 6.37. The number of ether oxygens (including phenoxy) is 2. The highest BCUT2D eigenvalue weighted by Crippen LogP contribution is 2.38. The van der Waals surface area contributed by atoms with E-state index >= 15 is 0 Å². The van der Waals surface area contributed by atoms with E-state index in [9.17, 15) is 14.9 Å². The van der Waals surface area contributed by atoms with Gasteiger partial charge in [-0.15, -0.1) is 5.10 Å². The number of rotatable bonds is 7. The summed E-state index contributed by atoms with van der Waals surface area (Å²) < 4.78 is 12.5. The fourth-order valence-electron chi connectivity index (χ4n) is 3.20. The van der Waals surface area contributed by atoms with Gasteiger partial charge in [0.1, 0.15) is 6.33 Å². The first-order chi connectivity index (χ1) is 16.4. The third-order valence-corrected chi connectivity index (χ3v) is 5.05. The predicted octanol–water partition coefficient (Wildman–Crippen LogP) is 4.59. The van der Waals surface area contributed by atoms with Crippen molar-refractivity contribution >= 4 is 28.9 Å². The van der Waals surface area contributed by atoms with Crippen LogP contribution in [-0.2, 0) is 0 Å². The normalized spacial score (nSPS) is 10.6. The zero-order valence-electron chi connectivity index (χ0n) is 17.9. The Labute approximate surface area is 198 Å². The molecular weight excluding hydrogens is 464 g/mol. The third-order valence-electron chi connectivity index (χ3n) is 4.81. The Hall–Kier alpha value is -4.51. The lowest BCUT2D eigenvalue weighted by Crippen LogP contribution is -2.12. The lowest BCUT2D eigenvalue weighted by atomic mass is 10.1. The number of benzene rings is 3. The summed E-state index contributed by atoms with van der Waals surface area (Å²) in [5, 5.41) is 25.4. The molecule has 0 aliphatic carbocycles. The number of tetrazole rings is 1. The van der Waals surface area contributed by atoms with Crippen molar-refractivity contribution in [3.05, 3.63) is 87.2 Å². The first-order valence-corrected chi connectivity index (χ1v) is 10.2. The molecule has 1 aromatic heterocycles. The van der Waals surface area contributed by atoms with Crippen molar-refractivity contribution in [3.63, 3.8) is 0 Å². The van der Waals surface area contributed by atoms with Gasteiger partial charge in [-0.3, -0.25) is 14.9 Å². The molecule has 172 valence electrons. The molecule has 11 nitrogen and oxygen atoms in total. The van der Waals surface area contributed by atoms with Crippen LogP contribution in [-0.4, -0.2) is 38.1 Å². The number of hydrogen-bond donors (Lipinski definition) is 1. The zero-order valence-corrected chi connectivity index (χ0v) is 18.7. The molecule has 0 unspecified atom stereocenters.